The highest BCUT2D eigenvalue weighted by atomic mass is 32.1. The summed E-state index contributed by atoms with van der Waals surface area (Å²) in [5, 5.41) is 7.29. The number of hydrogen-bond donors (Lipinski definition) is 0. The number of imide groups is 2. The van der Waals surface area contributed by atoms with Gasteiger partial charge in [-0.15, -0.1) is 34.0 Å². The minimum Gasteiger partial charge on any atom is -0.268 e. The summed E-state index contributed by atoms with van der Waals surface area (Å²) in [6.45, 7) is 0. The number of anilines is 2. The normalized spacial score (nSPS) is 15.0. The van der Waals surface area contributed by atoms with Gasteiger partial charge in [-0.05, 0) is 64.7 Å². The molecule has 0 radical (unpaired) electrons. The second-order valence-electron chi connectivity index (χ2n) is 8.03. The average Bonchev–Trinajstić information content (AvgIpc) is 3.65. The topological polar surface area (TPSA) is 74.8 Å². The quantitative estimate of drug-likeness (QED) is 0.266. The largest absolute Gasteiger partial charge is 0.268 e. The molecular formula is C26H12N2O4S3. The Morgan fingerprint density at radius 1 is 0.514 bits per heavy atom. The standard InChI is InChI=1S/C26H12N2O4S3/c29-23-13-7-8-14-21-20(13)16(25(31)27(23)18-5-2-10-34-18)12-15(17-4-1-9-33-17)22(21)26(32)28(24(14)30)19-6-3-11-35-19/h1-12H. The first-order chi connectivity index (χ1) is 17.1. The van der Waals surface area contributed by atoms with E-state index in [4.69, 9.17) is 0 Å². The van der Waals surface area contributed by atoms with Crippen molar-refractivity contribution in [1.82, 2.24) is 0 Å². The molecule has 2 aliphatic heterocycles. The third-order valence-electron chi connectivity index (χ3n) is 6.24. The van der Waals surface area contributed by atoms with Crippen molar-refractivity contribution in [3.8, 4) is 10.4 Å². The zero-order valence-electron chi connectivity index (χ0n) is 17.7. The SMILES string of the molecule is O=C1c2ccc3c4c(c(-c5cccs5)cc(c24)C(=O)N1c1cccs1)C(=O)N(c1cccs1)C3=O. The van der Waals surface area contributed by atoms with E-state index in [0.717, 1.165) is 4.88 Å². The van der Waals surface area contributed by atoms with Gasteiger partial charge in [-0.2, -0.15) is 0 Å². The van der Waals surface area contributed by atoms with Crippen LogP contribution in [0.2, 0.25) is 0 Å². The monoisotopic (exact) mass is 512 g/mol. The Morgan fingerprint density at radius 3 is 1.63 bits per heavy atom. The maximum Gasteiger partial charge on any atom is 0.267 e. The van der Waals surface area contributed by atoms with Gasteiger partial charge >= 0.3 is 0 Å². The molecule has 7 rings (SSSR count). The van der Waals surface area contributed by atoms with Crippen molar-refractivity contribution in [2.75, 3.05) is 9.80 Å². The van der Waals surface area contributed by atoms with E-state index in [1.807, 2.05) is 22.9 Å². The van der Waals surface area contributed by atoms with Crippen molar-refractivity contribution in [3.63, 3.8) is 0 Å². The Morgan fingerprint density at radius 2 is 1.06 bits per heavy atom. The second-order valence-corrected chi connectivity index (χ2v) is 10.8. The summed E-state index contributed by atoms with van der Waals surface area (Å²) in [6.07, 6.45) is 0. The lowest BCUT2D eigenvalue weighted by Gasteiger charge is -2.32. The Kier molecular flexibility index (Phi) is 4.26. The fraction of sp³-hybridized carbons (Fsp3) is 0. The zero-order valence-corrected chi connectivity index (χ0v) is 20.1. The molecule has 6 nitrogen and oxygen atoms in total. The van der Waals surface area contributed by atoms with Crippen LogP contribution in [0.3, 0.4) is 0 Å². The van der Waals surface area contributed by atoms with Crippen LogP contribution in [0.1, 0.15) is 41.4 Å². The van der Waals surface area contributed by atoms with E-state index in [0.29, 0.717) is 48.6 Å². The second kappa shape index (κ2) is 7.29. The first-order valence-corrected chi connectivity index (χ1v) is 13.2. The number of hydrogen-bond acceptors (Lipinski definition) is 7. The van der Waals surface area contributed by atoms with Gasteiger partial charge in [0.25, 0.3) is 23.6 Å². The minimum atomic E-state index is -0.466. The van der Waals surface area contributed by atoms with Crippen molar-refractivity contribution in [1.29, 1.82) is 0 Å². The Hall–Kier alpha value is -3.92. The summed E-state index contributed by atoms with van der Waals surface area (Å²) in [5.74, 6) is -1.86. The molecule has 0 N–H and O–H groups in total. The minimum absolute atomic E-state index is 0.302. The van der Waals surface area contributed by atoms with Crippen LogP contribution >= 0.6 is 34.0 Å². The number of benzene rings is 2. The molecule has 168 valence electrons. The van der Waals surface area contributed by atoms with Gasteiger partial charge < -0.3 is 0 Å². The molecule has 3 aromatic heterocycles. The van der Waals surface area contributed by atoms with Crippen molar-refractivity contribution < 1.29 is 19.2 Å². The Labute approximate surface area is 210 Å². The molecule has 4 amide bonds. The fourth-order valence-corrected chi connectivity index (χ4v) is 6.99. The lowest BCUT2D eigenvalue weighted by molar-refractivity contribution is 0.0874. The van der Waals surface area contributed by atoms with E-state index in [9.17, 15) is 19.2 Å². The predicted octanol–water partition coefficient (Wildman–Crippen LogP) is 6.29. The summed E-state index contributed by atoms with van der Waals surface area (Å²) < 4.78 is 0. The summed E-state index contributed by atoms with van der Waals surface area (Å²) in [5.41, 5.74) is 1.82. The van der Waals surface area contributed by atoms with Gasteiger partial charge in [0.1, 0.15) is 10.0 Å². The zero-order chi connectivity index (χ0) is 23.8. The van der Waals surface area contributed by atoms with E-state index in [1.165, 1.54) is 43.8 Å². The third kappa shape index (κ3) is 2.68. The van der Waals surface area contributed by atoms with E-state index in [-0.39, 0.29) is 0 Å². The van der Waals surface area contributed by atoms with Gasteiger partial charge in [0.15, 0.2) is 0 Å². The molecule has 0 unspecified atom stereocenters. The summed E-state index contributed by atoms with van der Waals surface area (Å²) in [6, 6.07) is 15.7. The van der Waals surface area contributed by atoms with Crippen molar-refractivity contribution in [2.24, 2.45) is 0 Å². The number of thiophene rings is 3. The molecule has 5 heterocycles. The maximum atomic E-state index is 13.9. The van der Waals surface area contributed by atoms with Gasteiger partial charge in [0, 0.05) is 37.9 Å². The van der Waals surface area contributed by atoms with Crippen LogP contribution in [0, 0.1) is 0 Å². The van der Waals surface area contributed by atoms with Crippen LogP contribution in [0.25, 0.3) is 21.2 Å². The molecule has 0 atom stereocenters. The van der Waals surface area contributed by atoms with Gasteiger partial charge in [0.05, 0.1) is 5.56 Å². The van der Waals surface area contributed by atoms with Gasteiger partial charge in [-0.3, -0.25) is 19.2 Å². The predicted molar refractivity (Wildman–Crippen MR) is 138 cm³/mol. The van der Waals surface area contributed by atoms with Crippen LogP contribution < -0.4 is 9.80 Å². The van der Waals surface area contributed by atoms with E-state index in [2.05, 4.69) is 0 Å². The molecule has 0 fully saturated rings. The lowest BCUT2D eigenvalue weighted by atomic mass is 9.83. The molecule has 9 heteroatoms. The molecule has 35 heavy (non-hydrogen) atoms. The van der Waals surface area contributed by atoms with E-state index >= 15 is 0 Å². The highest BCUT2D eigenvalue weighted by Crippen LogP contribution is 2.45. The fourth-order valence-electron chi connectivity index (χ4n) is 4.79. The van der Waals surface area contributed by atoms with Crippen molar-refractivity contribution in [2.45, 2.75) is 0 Å². The highest BCUT2D eigenvalue weighted by molar-refractivity contribution is 7.15. The maximum absolute atomic E-state index is 13.9. The molecule has 0 saturated carbocycles. The molecular weight excluding hydrogens is 500 g/mol. The molecule has 5 aromatic rings. The summed E-state index contributed by atoms with van der Waals surface area (Å²) >= 11 is 4.04. The van der Waals surface area contributed by atoms with E-state index in [1.54, 1.807) is 47.8 Å². The number of carbonyl (C=O) groups excluding carboxylic acids is 4. The molecule has 2 aromatic carbocycles. The number of rotatable bonds is 3. The van der Waals surface area contributed by atoms with Gasteiger partial charge in [0.2, 0.25) is 0 Å². The summed E-state index contributed by atoms with van der Waals surface area (Å²) in [7, 11) is 0. The van der Waals surface area contributed by atoms with Crippen LogP contribution in [-0.4, -0.2) is 23.6 Å². The molecule has 0 aliphatic carbocycles. The third-order valence-corrected chi connectivity index (χ3v) is 8.85. The van der Waals surface area contributed by atoms with Crippen LogP contribution in [-0.2, 0) is 0 Å². The molecule has 0 bridgehead atoms. The van der Waals surface area contributed by atoms with Gasteiger partial charge in [-0.1, -0.05) is 6.07 Å². The van der Waals surface area contributed by atoms with Crippen molar-refractivity contribution in [3.05, 3.63) is 93.0 Å². The lowest BCUT2D eigenvalue weighted by Crippen LogP contribution is -2.43. The van der Waals surface area contributed by atoms with Crippen LogP contribution in [0.5, 0.6) is 0 Å². The van der Waals surface area contributed by atoms with Crippen molar-refractivity contribution >= 4 is 78.4 Å². The smallest absolute Gasteiger partial charge is 0.267 e. The van der Waals surface area contributed by atoms with Gasteiger partial charge in [-0.25, -0.2) is 9.80 Å². The number of amides is 4. The Bertz CT molecular complexity index is 1720. The molecule has 0 saturated heterocycles. The average molecular weight is 513 g/mol. The number of nitrogens with zero attached hydrogens (tertiary/aromatic N) is 2. The first kappa shape index (κ1) is 20.5. The molecule has 2 aliphatic rings. The Balaban J connectivity index is 1.60. The number of carbonyl (C=O) groups is 4. The van der Waals surface area contributed by atoms with Crippen LogP contribution in [0.15, 0.2) is 70.7 Å². The van der Waals surface area contributed by atoms with E-state index < -0.39 is 23.6 Å². The highest BCUT2D eigenvalue weighted by Gasteiger charge is 2.42. The first-order valence-electron chi connectivity index (χ1n) is 10.6. The molecule has 0 spiro atoms. The summed E-state index contributed by atoms with van der Waals surface area (Å²) in [4.78, 5) is 57.9. The van der Waals surface area contributed by atoms with Crippen LogP contribution in [0.4, 0.5) is 10.0 Å².